The van der Waals surface area contributed by atoms with E-state index in [-0.39, 0.29) is 11.7 Å². The number of ether oxygens (including phenoxy) is 2. The molecule has 222 valence electrons. The number of esters is 1. The lowest BCUT2D eigenvalue weighted by Crippen LogP contribution is -2.33. The smallest absolute Gasteiger partial charge is 0.328 e. The first-order valence-electron chi connectivity index (χ1n) is 14.6. The van der Waals surface area contributed by atoms with Crippen molar-refractivity contribution in [3.05, 3.63) is 126 Å². The van der Waals surface area contributed by atoms with Crippen molar-refractivity contribution in [1.82, 2.24) is 0 Å². The Balaban J connectivity index is 1.36. The Kier molecular flexibility index (Phi) is 11.5. The van der Waals surface area contributed by atoms with Crippen molar-refractivity contribution >= 4 is 29.0 Å². The fourth-order valence-corrected chi connectivity index (χ4v) is 4.80. The molecular formula is C36H38N2O5. The molecule has 0 radical (unpaired) electrons. The number of rotatable bonds is 15. The molecule has 0 aliphatic carbocycles. The van der Waals surface area contributed by atoms with Crippen molar-refractivity contribution in [1.29, 1.82) is 0 Å². The SMILES string of the molecule is CCCC(=O)N(CCCOc1ccc(CC(Nc2ccccc2C(=O)c2ccccc2)C(=O)OC)cc1)c1ccccc1. The molecule has 4 aromatic rings. The molecule has 0 bridgehead atoms. The van der Waals surface area contributed by atoms with Crippen molar-refractivity contribution in [2.45, 2.75) is 38.6 Å². The quantitative estimate of drug-likeness (QED) is 0.0958. The standard InChI is InChI=1S/C36H38N2O5/c1-3-13-34(39)38(29-16-8-5-9-17-29)24-12-25-43-30-22-20-27(21-23-30)26-33(36(41)42-2)37-32-19-11-10-18-31(32)35(40)28-14-6-4-7-15-28/h4-11,14-23,33,37H,3,12-13,24-26H2,1-2H3. The molecule has 7 nitrogen and oxygen atoms in total. The highest BCUT2D eigenvalue weighted by molar-refractivity contribution is 6.12. The Morgan fingerprint density at radius 3 is 2.14 bits per heavy atom. The van der Waals surface area contributed by atoms with Gasteiger partial charge < -0.3 is 19.7 Å². The van der Waals surface area contributed by atoms with Crippen molar-refractivity contribution in [2.24, 2.45) is 0 Å². The zero-order valence-electron chi connectivity index (χ0n) is 24.7. The van der Waals surface area contributed by atoms with E-state index in [0.29, 0.717) is 55.0 Å². The topological polar surface area (TPSA) is 84.9 Å². The summed E-state index contributed by atoms with van der Waals surface area (Å²) in [6.45, 7) is 3.03. The first-order chi connectivity index (χ1) is 21.0. The van der Waals surface area contributed by atoms with Gasteiger partial charge in [-0.05, 0) is 54.8 Å². The molecule has 4 aromatic carbocycles. The van der Waals surface area contributed by atoms with E-state index in [2.05, 4.69) is 5.32 Å². The molecule has 0 spiro atoms. The van der Waals surface area contributed by atoms with Crippen LogP contribution in [0, 0.1) is 0 Å². The minimum atomic E-state index is -0.703. The predicted molar refractivity (Wildman–Crippen MR) is 170 cm³/mol. The molecule has 43 heavy (non-hydrogen) atoms. The zero-order valence-corrected chi connectivity index (χ0v) is 24.7. The molecule has 0 saturated carbocycles. The number of benzene rings is 4. The second-order valence-electron chi connectivity index (χ2n) is 10.1. The second kappa shape index (κ2) is 15.9. The summed E-state index contributed by atoms with van der Waals surface area (Å²) in [7, 11) is 1.35. The normalized spacial score (nSPS) is 11.3. The molecule has 1 N–H and O–H groups in total. The number of nitrogens with one attached hydrogen (secondary N) is 1. The van der Waals surface area contributed by atoms with Gasteiger partial charge in [0.1, 0.15) is 11.8 Å². The molecule has 1 amide bonds. The van der Waals surface area contributed by atoms with Crippen LogP contribution in [0.1, 0.15) is 47.7 Å². The maximum atomic E-state index is 13.2. The van der Waals surface area contributed by atoms with Gasteiger partial charge in [-0.25, -0.2) is 4.79 Å². The van der Waals surface area contributed by atoms with Crippen LogP contribution in [-0.4, -0.2) is 44.0 Å². The number of anilines is 2. The van der Waals surface area contributed by atoms with Crippen molar-refractivity contribution in [3.63, 3.8) is 0 Å². The number of nitrogens with zero attached hydrogens (tertiary/aromatic N) is 1. The van der Waals surface area contributed by atoms with Crippen LogP contribution in [0.3, 0.4) is 0 Å². The molecular weight excluding hydrogens is 540 g/mol. The molecule has 4 rings (SSSR count). The van der Waals surface area contributed by atoms with Crippen LogP contribution in [0.25, 0.3) is 0 Å². The van der Waals surface area contributed by atoms with Gasteiger partial charge in [0.05, 0.1) is 13.7 Å². The summed E-state index contributed by atoms with van der Waals surface area (Å²) < 4.78 is 11.0. The van der Waals surface area contributed by atoms with Crippen LogP contribution in [0.2, 0.25) is 0 Å². The van der Waals surface area contributed by atoms with Crippen molar-refractivity contribution in [3.8, 4) is 5.75 Å². The van der Waals surface area contributed by atoms with E-state index in [1.807, 2.05) is 90.7 Å². The molecule has 1 unspecified atom stereocenters. The maximum absolute atomic E-state index is 13.2. The van der Waals surface area contributed by atoms with E-state index < -0.39 is 12.0 Å². The van der Waals surface area contributed by atoms with Crippen LogP contribution in [0.15, 0.2) is 109 Å². The summed E-state index contributed by atoms with van der Waals surface area (Å²) in [5.41, 5.74) is 3.41. The Morgan fingerprint density at radius 2 is 1.47 bits per heavy atom. The van der Waals surface area contributed by atoms with Gasteiger partial charge in [-0.2, -0.15) is 0 Å². The molecule has 0 fully saturated rings. The summed E-state index contributed by atoms with van der Waals surface area (Å²) in [4.78, 5) is 40.4. The highest BCUT2D eigenvalue weighted by Crippen LogP contribution is 2.22. The van der Waals surface area contributed by atoms with Crippen LogP contribution in [0.5, 0.6) is 5.75 Å². The van der Waals surface area contributed by atoms with E-state index >= 15 is 0 Å². The first-order valence-corrected chi connectivity index (χ1v) is 14.6. The van der Waals surface area contributed by atoms with Crippen LogP contribution < -0.4 is 15.0 Å². The Morgan fingerprint density at radius 1 is 0.814 bits per heavy atom. The lowest BCUT2D eigenvalue weighted by Gasteiger charge is -2.23. The monoisotopic (exact) mass is 578 g/mol. The summed E-state index contributed by atoms with van der Waals surface area (Å²) in [6.07, 6.45) is 2.34. The van der Waals surface area contributed by atoms with Crippen LogP contribution in [-0.2, 0) is 20.7 Å². The van der Waals surface area contributed by atoms with E-state index in [1.54, 1.807) is 30.3 Å². The number of methoxy groups -OCH3 is 1. The number of hydrogen-bond acceptors (Lipinski definition) is 6. The molecule has 0 aromatic heterocycles. The van der Waals surface area contributed by atoms with Gasteiger partial charge in [0.25, 0.3) is 0 Å². The van der Waals surface area contributed by atoms with Crippen molar-refractivity contribution < 1.29 is 23.9 Å². The van der Waals surface area contributed by atoms with E-state index in [0.717, 1.165) is 17.7 Å². The zero-order chi connectivity index (χ0) is 30.4. The summed E-state index contributed by atoms with van der Waals surface area (Å²) in [5.74, 6) is 0.258. The number of hydrogen-bond donors (Lipinski definition) is 1. The Labute approximate surface area is 253 Å². The summed E-state index contributed by atoms with van der Waals surface area (Å²) in [6, 6.07) is 32.8. The molecule has 1 atom stereocenters. The maximum Gasteiger partial charge on any atom is 0.328 e. The Bertz CT molecular complexity index is 1470. The fourth-order valence-electron chi connectivity index (χ4n) is 4.80. The van der Waals surface area contributed by atoms with Gasteiger partial charge in [-0.15, -0.1) is 0 Å². The molecule has 0 aliphatic rings. The fraction of sp³-hybridized carbons (Fsp3) is 0.250. The van der Waals surface area contributed by atoms with E-state index in [4.69, 9.17) is 9.47 Å². The number of carbonyl (C=O) groups is 3. The summed E-state index contributed by atoms with van der Waals surface area (Å²) in [5, 5.41) is 3.24. The third-order valence-corrected chi connectivity index (χ3v) is 7.01. The second-order valence-corrected chi connectivity index (χ2v) is 10.1. The largest absolute Gasteiger partial charge is 0.494 e. The molecule has 7 heteroatoms. The third-order valence-electron chi connectivity index (χ3n) is 7.01. The highest BCUT2D eigenvalue weighted by Gasteiger charge is 2.23. The number of amides is 1. The third kappa shape index (κ3) is 8.79. The minimum Gasteiger partial charge on any atom is -0.494 e. The number of ketones is 1. The summed E-state index contributed by atoms with van der Waals surface area (Å²) >= 11 is 0. The average Bonchev–Trinajstić information content (AvgIpc) is 3.05. The van der Waals surface area contributed by atoms with Gasteiger partial charge in [0.2, 0.25) is 5.91 Å². The highest BCUT2D eigenvalue weighted by atomic mass is 16.5. The lowest BCUT2D eigenvalue weighted by molar-refractivity contribution is -0.141. The predicted octanol–water partition coefficient (Wildman–Crippen LogP) is 6.72. The Hall–Kier alpha value is -4.91. The van der Waals surface area contributed by atoms with Crippen LogP contribution in [0.4, 0.5) is 11.4 Å². The lowest BCUT2D eigenvalue weighted by atomic mass is 10.00. The molecule has 0 heterocycles. The van der Waals surface area contributed by atoms with Gasteiger partial charge in [0.15, 0.2) is 5.78 Å². The van der Waals surface area contributed by atoms with Gasteiger partial charge >= 0.3 is 5.97 Å². The molecule has 0 aliphatic heterocycles. The van der Waals surface area contributed by atoms with Gasteiger partial charge in [0, 0.05) is 41.9 Å². The minimum absolute atomic E-state index is 0.110. The van der Waals surface area contributed by atoms with Crippen molar-refractivity contribution in [2.75, 3.05) is 30.5 Å². The first kappa shape index (κ1) is 31.0. The van der Waals surface area contributed by atoms with E-state index in [1.165, 1.54) is 7.11 Å². The van der Waals surface area contributed by atoms with Crippen LogP contribution >= 0.6 is 0 Å². The number of carbonyl (C=O) groups excluding carboxylic acids is 3. The number of para-hydroxylation sites is 2. The van der Waals surface area contributed by atoms with E-state index in [9.17, 15) is 14.4 Å². The van der Waals surface area contributed by atoms with Gasteiger partial charge in [-0.1, -0.05) is 79.7 Å². The van der Waals surface area contributed by atoms with Gasteiger partial charge in [-0.3, -0.25) is 9.59 Å². The molecule has 0 saturated heterocycles. The average molecular weight is 579 g/mol.